The van der Waals surface area contributed by atoms with Gasteiger partial charge in [0.05, 0.1) is 5.57 Å². The SMILES string of the molecule is C/C=C(/C=O)C(=N)N. The monoisotopic (exact) mass is 112 g/mol. The molecule has 0 saturated carbocycles. The van der Waals surface area contributed by atoms with E-state index in [1.54, 1.807) is 6.92 Å². The van der Waals surface area contributed by atoms with Crippen molar-refractivity contribution >= 4 is 12.1 Å². The molecule has 0 aliphatic heterocycles. The van der Waals surface area contributed by atoms with Crippen LogP contribution in [0.4, 0.5) is 0 Å². The normalized spacial score (nSPS) is 10.9. The Balaban J connectivity index is 4.13. The topological polar surface area (TPSA) is 66.9 Å². The number of nitrogens with two attached hydrogens (primary N) is 1. The fraction of sp³-hybridized carbons (Fsp3) is 0.200. The van der Waals surface area contributed by atoms with E-state index < -0.39 is 0 Å². The van der Waals surface area contributed by atoms with Crippen LogP contribution in [0, 0.1) is 5.41 Å². The highest BCUT2D eigenvalue weighted by molar-refractivity contribution is 6.11. The molecule has 0 amide bonds. The van der Waals surface area contributed by atoms with Gasteiger partial charge in [0.1, 0.15) is 5.84 Å². The number of carbonyl (C=O) groups is 1. The molecule has 8 heavy (non-hydrogen) atoms. The maximum atomic E-state index is 9.89. The van der Waals surface area contributed by atoms with Gasteiger partial charge in [0.2, 0.25) is 0 Å². The third-order valence-electron chi connectivity index (χ3n) is 0.749. The molecule has 3 N–H and O–H groups in total. The first-order chi connectivity index (χ1) is 3.72. The van der Waals surface area contributed by atoms with E-state index in [0.29, 0.717) is 6.29 Å². The van der Waals surface area contributed by atoms with Gasteiger partial charge >= 0.3 is 0 Å². The van der Waals surface area contributed by atoms with E-state index in [0.717, 1.165) is 0 Å². The number of carbonyl (C=O) groups excluding carboxylic acids is 1. The summed E-state index contributed by atoms with van der Waals surface area (Å²) in [7, 11) is 0. The van der Waals surface area contributed by atoms with E-state index in [4.69, 9.17) is 11.1 Å². The van der Waals surface area contributed by atoms with E-state index in [1.165, 1.54) is 6.08 Å². The van der Waals surface area contributed by atoms with Gasteiger partial charge in [0.15, 0.2) is 6.29 Å². The Labute approximate surface area is 47.7 Å². The minimum Gasteiger partial charge on any atom is -0.384 e. The zero-order chi connectivity index (χ0) is 6.57. The van der Waals surface area contributed by atoms with Crippen LogP contribution in [0.15, 0.2) is 11.6 Å². The first kappa shape index (κ1) is 6.88. The minimum absolute atomic E-state index is 0.178. The van der Waals surface area contributed by atoms with E-state index >= 15 is 0 Å². The molecule has 44 valence electrons. The van der Waals surface area contributed by atoms with Gasteiger partial charge < -0.3 is 5.73 Å². The number of amidine groups is 1. The van der Waals surface area contributed by atoms with Gasteiger partial charge in [0, 0.05) is 0 Å². The van der Waals surface area contributed by atoms with E-state index in [-0.39, 0.29) is 11.4 Å². The molecule has 0 heterocycles. The Hall–Kier alpha value is -1.12. The molecule has 0 aromatic carbocycles. The Morgan fingerprint density at radius 3 is 2.25 bits per heavy atom. The summed E-state index contributed by atoms with van der Waals surface area (Å²) >= 11 is 0. The lowest BCUT2D eigenvalue weighted by molar-refractivity contribution is -0.104. The quantitative estimate of drug-likeness (QED) is 0.230. The van der Waals surface area contributed by atoms with Crippen LogP contribution in [0.5, 0.6) is 0 Å². The molecule has 0 radical (unpaired) electrons. The molecule has 3 nitrogen and oxygen atoms in total. The predicted molar refractivity (Wildman–Crippen MR) is 31.7 cm³/mol. The molecule has 0 aliphatic rings. The van der Waals surface area contributed by atoms with E-state index in [9.17, 15) is 4.79 Å². The number of allylic oxidation sites excluding steroid dienone is 1. The summed E-state index contributed by atoms with van der Waals surface area (Å²) in [5.41, 5.74) is 5.18. The Kier molecular flexibility index (Phi) is 2.54. The van der Waals surface area contributed by atoms with Gasteiger partial charge in [-0.05, 0) is 6.92 Å². The van der Waals surface area contributed by atoms with Gasteiger partial charge in [-0.1, -0.05) is 6.08 Å². The molecular formula is C5H8N2O. The van der Waals surface area contributed by atoms with E-state index in [2.05, 4.69) is 0 Å². The molecule has 0 atom stereocenters. The third kappa shape index (κ3) is 1.55. The van der Waals surface area contributed by atoms with Gasteiger partial charge in [-0.2, -0.15) is 0 Å². The lowest BCUT2D eigenvalue weighted by atomic mass is 10.3. The van der Waals surface area contributed by atoms with Crippen molar-refractivity contribution in [3.8, 4) is 0 Å². The predicted octanol–water partition coefficient (Wildman–Crippen LogP) is 0.0676. The number of hydrogen-bond donors (Lipinski definition) is 2. The van der Waals surface area contributed by atoms with Crippen molar-refractivity contribution in [1.82, 2.24) is 0 Å². The maximum Gasteiger partial charge on any atom is 0.153 e. The van der Waals surface area contributed by atoms with Crippen LogP contribution in [0.1, 0.15) is 6.92 Å². The first-order valence-electron chi connectivity index (χ1n) is 2.18. The second-order valence-corrected chi connectivity index (χ2v) is 1.28. The van der Waals surface area contributed by atoms with Crippen molar-refractivity contribution in [2.75, 3.05) is 0 Å². The molecule has 0 aromatic rings. The lowest BCUT2D eigenvalue weighted by Gasteiger charge is -1.89. The standard InChI is InChI=1S/C5H8N2O/c1-2-4(3-8)5(6)7/h2-3H,1H3,(H3,6,7)/b4-2-. The zero-order valence-electron chi connectivity index (χ0n) is 4.64. The minimum atomic E-state index is -0.178. The van der Waals surface area contributed by atoms with E-state index in [1.807, 2.05) is 0 Å². The summed E-state index contributed by atoms with van der Waals surface area (Å²) in [5, 5.41) is 6.73. The summed E-state index contributed by atoms with van der Waals surface area (Å²) in [6.45, 7) is 1.66. The molecule has 0 fully saturated rings. The molecule has 0 unspecified atom stereocenters. The van der Waals surface area contributed by atoms with Gasteiger partial charge in [-0.25, -0.2) is 0 Å². The van der Waals surface area contributed by atoms with Crippen LogP contribution in [0.3, 0.4) is 0 Å². The zero-order valence-corrected chi connectivity index (χ0v) is 4.64. The number of rotatable bonds is 2. The maximum absolute atomic E-state index is 9.89. The molecule has 0 aromatic heterocycles. The number of hydrogen-bond acceptors (Lipinski definition) is 2. The molecule has 0 spiro atoms. The van der Waals surface area contributed by atoms with Gasteiger partial charge in [0.25, 0.3) is 0 Å². The van der Waals surface area contributed by atoms with Crippen LogP contribution >= 0.6 is 0 Å². The molecule has 0 aliphatic carbocycles. The van der Waals surface area contributed by atoms with Crippen LogP contribution in [-0.2, 0) is 4.79 Å². The van der Waals surface area contributed by atoms with Crippen molar-refractivity contribution in [3.63, 3.8) is 0 Å². The molecule has 0 rings (SSSR count). The van der Waals surface area contributed by atoms with Crippen molar-refractivity contribution in [2.24, 2.45) is 5.73 Å². The largest absolute Gasteiger partial charge is 0.384 e. The fourth-order valence-corrected chi connectivity index (χ4v) is 0.287. The average molecular weight is 112 g/mol. The number of aldehydes is 1. The summed E-state index contributed by atoms with van der Waals surface area (Å²) in [6, 6.07) is 0. The summed E-state index contributed by atoms with van der Waals surface area (Å²) in [6.07, 6.45) is 2.05. The van der Waals surface area contributed by atoms with Gasteiger partial charge in [-0.3, -0.25) is 10.2 Å². The van der Waals surface area contributed by atoms with Crippen LogP contribution in [0.25, 0.3) is 0 Å². The van der Waals surface area contributed by atoms with Crippen molar-refractivity contribution in [2.45, 2.75) is 6.92 Å². The summed E-state index contributed by atoms with van der Waals surface area (Å²) in [4.78, 5) is 9.89. The van der Waals surface area contributed by atoms with Crippen molar-refractivity contribution in [1.29, 1.82) is 5.41 Å². The Morgan fingerprint density at radius 1 is 1.75 bits per heavy atom. The summed E-state index contributed by atoms with van der Waals surface area (Å²) in [5.74, 6) is -0.178. The third-order valence-corrected chi connectivity index (χ3v) is 0.749. The molecule has 0 saturated heterocycles. The van der Waals surface area contributed by atoms with Crippen molar-refractivity contribution < 1.29 is 4.79 Å². The second kappa shape index (κ2) is 2.96. The highest BCUT2D eigenvalue weighted by atomic mass is 16.1. The lowest BCUT2D eigenvalue weighted by Crippen LogP contribution is -2.13. The van der Waals surface area contributed by atoms with Gasteiger partial charge in [-0.15, -0.1) is 0 Å². The molecule has 3 heteroatoms. The van der Waals surface area contributed by atoms with Crippen LogP contribution < -0.4 is 5.73 Å². The Morgan fingerprint density at radius 2 is 2.25 bits per heavy atom. The second-order valence-electron chi connectivity index (χ2n) is 1.28. The molecule has 0 bridgehead atoms. The fourth-order valence-electron chi connectivity index (χ4n) is 0.287. The van der Waals surface area contributed by atoms with Crippen LogP contribution in [0.2, 0.25) is 0 Å². The highest BCUT2D eigenvalue weighted by Gasteiger charge is 1.92. The first-order valence-corrected chi connectivity index (χ1v) is 2.18. The smallest absolute Gasteiger partial charge is 0.153 e. The average Bonchev–Trinajstić information content (AvgIpc) is 1.69. The summed E-state index contributed by atoms with van der Waals surface area (Å²) < 4.78 is 0. The van der Waals surface area contributed by atoms with Crippen molar-refractivity contribution in [3.05, 3.63) is 11.6 Å². The molecular weight excluding hydrogens is 104 g/mol. The van der Waals surface area contributed by atoms with Crippen LogP contribution in [-0.4, -0.2) is 12.1 Å². The Bertz CT molecular complexity index is 137. The number of nitrogens with one attached hydrogen (secondary N) is 1. The highest BCUT2D eigenvalue weighted by Crippen LogP contribution is 1.84.